The maximum Gasteiger partial charge on any atom is 0.286 e. The number of carbonyl (C=O) groups excluding carboxylic acids is 1. The van der Waals surface area contributed by atoms with Crippen molar-refractivity contribution >= 4 is 5.91 Å². The van der Waals surface area contributed by atoms with Crippen molar-refractivity contribution in [2.75, 3.05) is 6.61 Å². The molecule has 0 radical (unpaired) electrons. The molecule has 136 valence electrons. The minimum Gasteiger partial charge on any atom is -0.394 e. The van der Waals surface area contributed by atoms with Gasteiger partial charge in [-0.05, 0) is 31.6 Å². The van der Waals surface area contributed by atoms with E-state index in [-0.39, 0.29) is 11.6 Å². The molecule has 1 aromatic rings. The van der Waals surface area contributed by atoms with E-state index in [9.17, 15) is 20.1 Å². The minimum absolute atomic E-state index is 0.0631. The fourth-order valence-corrected chi connectivity index (χ4v) is 3.06. The number of aliphatic hydroxyl groups is 4. The van der Waals surface area contributed by atoms with E-state index in [1.807, 2.05) is 0 Å². The molecule has 4 atom stereocenters. The summed E-state index contributed by atoms with van der Waals surface area (Å²) in [4.78, 5) is 15.5. The van der Waals surface area contributed by atoms with Gasteiger partial charge in [-0.15, -0.1) is 5.10 Å². The molecule has 0 unspecified atom stereocenters. The molecule has 1 aliphatic carbocycles. The van der Waals surface area contributed by atoms with E-state index in [2.05, 4.69) is 21.9 Å². The van der Waals surface area contributed by atoms with Crippen LogP contribution in [0.2, 0.25) is 0 Å². The Morgan fingerprint density at radius 3 is 2.60 bits per heavy atom. The second kappa shape index (κ2) is 6.70. The third-order valence-corrected chi connectivity index (χ3v) is 4.45. The number of aromatic nitrogens is 3. The monoisotopic (exact) mass is 352 g/mol. The van der Waals surface area contributed by atoms with Gasteiger partial charge in [-0.3, -0.25) is 4.79 Å². The summed E-state index contributed by atoms with van der Waals surface area (Å²) in [6.45, 7) is -0.519. The van der Waals surface area contributed by atoms with Crippen LogP contribution in [0.15, 0.2) is 0 Å². The van der Waals surface area contributed by atoms with Crippen molar-refractivity contribution in [2.45, 2.75) is 55.8 Å². The number of nitrogens with zero attached hydrogens (tertiary/aromatic N) is 3. The first-order chi connectivity index (χ1) is 11.8. The molecule has 6 N–H and O–H groups in total. The molecule has 0 bridgehead atoms. The zero-order valence-electron chi connectivity index (χ0n) is 13.4. The highest BCUT2D eigenvalue weighted by Gasteiger charge is 2.45. The Bertz CT molecular complexity index is 717. The molecule has 1 amide bonds. The Kier molecular flexibility index (Phi) is 4.77. The zero-order chi connectivity index (χ0) is 18.2. The quantitative estimate of drug-likeness (QED) is 0.377. The van der Waals surface area contributed by atoms with Crippen LogP contribution < -0.4 is 5.73 Å². The Morgan fingerprint density at radius 2 is 2.04 bits per heavy atom. The average molecular weight is 352 g/mol. The summed E-state index contributed by atoms with van der Waals surface area (Å²) in [5.41, 5.74) is 4.18. The molecule has 1 aliphatic heterocycles. The first-order valence-electron chi connectivity index (χ1n) is 7.99. The predicted molar refractivity (Wildman–Crippen MR) is 81.8 cm³/mol. The van der Waals surface area contributed by atoms with Gasteiger partial charge >= 0.3 is 0 Å². The van der Waals surface area contributed by atoms with Crippen LogP contribution in [-0.4, -0.2) is 71.6 Å². The molecular formula is C15H20N4O6. The van der Waals surface area contributed by atoms with Crippen LogP contribution in [0.5, 0.6) is 0 Å². The number of hydrogen-bond acceptors (Lipinski definition) is 8. The summed E-state index contributed by atoms with van der Waals surface area (Å²) in [6.07, 6.45) is -2.20. The molecule has 1 saturated carbocycles. The van der Waals surface area contributed by atoms with Gasteiger partial charge in [0, 0.05) is 0 Å². The maximum atomic E-state index is 11.6. The average Bonchev–Trinajstić information content (AvgIpc) is 3.26. The minimum atomic E-state index is -1.43. The van der Waals surface area contributed by atoms with E-state index >= 15 is 0 Å². The van der Waals surface area contributed by atoms with Crippen molar-refractivity contribution in [3.05, 3.63) is 11.6 Å². The Balaban J connectivity index is 1.91. The lowest BCUT2D eigenvalue weighted by atomic mass is 10.0. The molecule has 3 rings (SSSR count). The first kappa shape index (κ1) is 17.8. The van der Waals surface area contributed by atoms with Crippen molar-refractivity contribution in [2.24, 2.45) is 5.73 Å². The summed E-state index contributed by atoms with van der Waals surface area (Å²) in [6, 6.07) is 0. The number of primary amides is 1. The van der Waals surface area contributed by atoms with Crippen LogP contribution in [0.3, 0.4) is 0 Å². The Hall–Kier alpha value is -2.03. The fourth-order valence-electron chi connectivity index (χ4n) is 3.06. The largest absolute Gasteiger partial charge is 0.394 e. The molecule has 25 heavy (non-hydrogen) atoms. The van der Waals surface area contributed by atoms with Crippen LogP contribution in [0, 0.1) is 11.8 Å². The third kappa shape index (κ3) is 3.37. The summed E-state index contributed by atoms with van der Waals surface area (Å²) in [7, 11) is 0. The molecule has 2 aliphatic rings. The van der Waals surface area contributed by atoms with E-state index in [4.69, 9.17) is 15.6 Å². The van der Waals surface area contributed by atoms with E-state index in [0.717, 1.165) is 17.5 Å². The highest BCUT2D eigenvalue weighted by atomic mass is 16.6. The van der Waals surface area contributed by atoms with Crippen LogP contribution in [0.1, 0.15) is 48.4 Å². The third-order valence-electron chi connectivity index (χ3n) is 4.45. The molecule has 10 heteroatoms. The number of carbonyl (C=O) groups is 1. The van der Waals surface area contributed by atoms with Gasteiger partial charge in [-0.1, -0.05) is 5.92 Å². The van der Waals surface area contributed by atoms with Crippen LogP contribution >= 0.6 is 0 Å². The van der Waals surface area contributed by atoms with Gasteiger partial charge in [0.1, 0.15) is 23.9 Å². The predicted octanol–water partition coefficient (Wildman–Crippen LogP) is -2.35. The van der Waals surface area contributed by atoms with Gasteiger partial charge in [0.25, 0.3) is 5.91 Å². The van der Waals surface area contributed by atoms with Gasteiger partial charge in [0.05, 0.1) is 6.61 Å². The molecular weight excluding hydrogens is 332 g/mol. The van der Waals surface area contributed by atoms with Crippen LogP contribution in [0.25, 0.3) is 0 Å². The van der Waals surface area contributed by atoms with Crippen LogP contribution in [-0.2, 0) is 4.74 Å². The Morgan fingerprint density at radius 1 is 1.36 bits per heavy atom. The summed E-state index contributed by atoms with van der Waals surface area (Å²) < 4.78 is 6.27. The van der Waals surface area contributed by atoms with Crippen molar-refractivity contribution < 1.29 is 30.0 Å². The van der Waals surface area contributed by atoms with Crippen LogP contribution in [0.4, 0.5) is 0 Å². The standard InChI is InChI=1S/C15H20N4O6/c16-12(23)13-17-9(3-6-15(24)4-1-2-5-15)18-19(13)14-11(22)10(21)8(7-20)25-14/h8,10-11,14,20-22,24H,1-2,4-5,7H2,(H2,16,23)/t8-,10-,11-,14-/m1/s1. The molecule has 2 heterocycles. The van der Waals surface area contributed by atoms with E-state index in [1.165, 1.54) is 0 Å². The normalized spacial score (nSPS) is 30.9. The summed E-state index contributed by atoms with van der Waals surface area (Å²) >= 11 is 0. The maximum absolute atomic E-state index is 11.6. The second-order valence-corrected chi connectivity index (χ2v) is 6.29. The molecule has 0 aromatic carbocycles. The van der Waals surface area contributed by atoms with E-state index in [1.54, 1.807) is 0 Å². The molecule has 1 saturated heterocycles. The van der Waals surface area contributed by atoms with E-state index < -0.39 is 42.7 Å². The van der Waals surface area contributed by atoms with Gasteiger partial charge in [-0.2, -0.15) is 4.98 Å². The lowest BCUT2D eigenvalue weighted by molar-refractivity contribution is -0.0595. The number of rotatable bonds is 3. The molecule has 10 nitrogen and oxygen atoms in total. The van der Waals surface area contributed by atoms with Gasteiger partial charge < -0.3 is 30.9 Å². The number of amides is 1. The van der Waals surface area contributed by atoms with Crippen molar-refractivity contribution in [1.29, 1.82) is 0 Å². The highest BCUT2D eigenvalue weighted by Crippen LogP contribution is 2.30. The Labute approximate surface area is 143 Å². The first-order valence-corrected chi connectivity index (χ1v) is 7.99. The highest BCUT2D eigenvalue weighted by molar-refractivity contribution is 5.89. The molecule has 1 aromatic heterocycles. The van der Waals surface area contributed by atoms with Gasteiger partial charge in [-0.25, -0.2) is 4.68 Å². The number of ether oxygens (including phenoxy) is 1. The van der Waals surface area contributed by atoms with Crippen molar-refractivity contribution in [3.8, 4) is 11.8 Å². The lowest BCUT2D eigenvalue weighted by Crippen LogP contribution is -2.34. The summed E-state index contributed by atoms with van der Waals surface area (Å²) in [5.74, 6) is 4.03. The fraction of sp³-hybridized carbons (Fsp3) is 0.667. The lowest BCUT2D eigenvalue weighted by Gasteiger charge is -2.15. The molecule has 0 spiro atoms. The summed E-state index contributed by atoms with van der Waals surface area (Å²) in [5, 5.41) is 43.3. The topological polar surface area (TPSA) is 164 Å². The van der Waals surface area contributed by atoms with Crippen molar-refractivity contribution in [1.82, 2.24) is 14.8 Å². The van der Waals surface area contributed by atoms with Gasteiger partial charge in [0.2, 0.25) is 11.6 Å². The molecule has 2 fully saturated rings. The SMILES string of the molecule is NC(=O)c1nc(C#CC2(O)CCCC2)nn1[C@@H]1O[C@H](CO)[C@@H](O)[C@H]1O. The van der Waals surface area contributed by atoms with Crippen molar-refractivity contribution in [3.63, 3.8) is 0 Å². The second-order valence-electron chi connectivity index (χ2n) is 6.29. The smallest absolute Gasteiger partial charge is 0.286 e. The van der Waals surface area contributed by atoms with E-state index in [0.29, 0.717) is 12.8 Å². The van der Waals surface area contributed by atoms with Gasteiger partial charge in [0.15, 0.2) is 6.23 Å². The number of aliphatic hydroxyl groups excluding tert-OH is 3. The number of nitrogens with two attached hydrogens (primary N) is 1. The number of hydrogen-bond donors (Lipinski definition) is 5. The zero-order valence-corrected chi connectivity index (χ0v) is 13.4.